The molecule has 2 N–H and O–H groups in total. The van der Waals surface area contributed by atoms with Gasteiger partial charge < -0.3 is 5.32 Å². The zero-order valence-electron chi connectivity index (χ0n) is 12.6. The van der Waals surface area contributed by atoms with Gasteiger partial charge in [0, 0.05) is 27.6 Å². The zero-order valence-corrected chi connectivity index (χ0v) is 14.2. The molecule has 6 bridgehead atoms. The van der Waals surface area contributed by atoms with Gasteiger partial charge in [0.1, 0.15) is 0 Å². The van der Waals surface area contributed by atoms with Gasteiger partial charge in [-0.3, -0.25) is 0 Å². The Hall–Kier alpha value is -1.36. The summed E-state index contributed by atoms with van der Waals surface area (Å²) in [6.07, 6.45) is 2.74. The van der Waals surface area contributed by atoms with Crippen LogP contribution in [-0.2, 0) is 0 Å². The summed E-state index contributed by atoms with van der Waals surface area (Å²) in [4.78, 5) is 12.1. The van der Waals surface area contributed by atoms with Gasteiger partial charge in [-0.25, -0.2) is 10.2 Å². The summed E-state index contributed by atoms with van der Waals surface area (Å²) < 4.78 is 0.307. The average Bonchev–Trinajstić information content (AvgIpc) is 3.24. The minimum absolute atomic E-state index is 0.245. The quantitative estimate of drug-likeness (QED) is 0.606. The van der Waals surface area contributed by atoms with Gasteiger partial charge in [0.15, 0.2) is 0 Å². The summed E-state index contributed by atoms with van der Waals surface area (Å²) in [6.45, 7) is 0. The fourth-order valence-electron chi connectivity index (χ4n) is 7.16. The summed E-state index contributed by atoms with van der Waals surface area (Å²) in [6, 6.07) is 9.26. The van der Waals surface area contributed by atoms with E-state index in [4.69, 9.17) is 0 Å². The maximum atomic E-state index is 12.1. The summed E-state index contributed by atoms with van der Waals surface area (Å²) in [5.74, 6) is 5.53. The highest BCUT2D eigenvalue weighted by Gasteiger charge is 2.84. The molecule has 8 atom stereocenters. The molecule has 2 amide bonds. The summed E-state index contributed by atoms with van der Waals surface area (Å²) >= 11 is 4.11. The molecule has 6 aliphatic rings. The van der Waals surface area contributed by atoms with Crippen LogP contribution < -0.4 is 10.7 Å². The highest BCUT2D eigenvalue weighted by atomic mass is 79.9. The molecule has 5 heteroatoms. The van der Waals surface area contributed by atoms with E-state index in [1.807, 2.05) is 30.3 Å². The van der Waals surface area contributed by atoms with Gasteiger partial charge in [-0.2, -0.15) is 5.10 Å². The second-order valence-corrected chi connectivity index (χ2v) is 9.41. The number of alkyl halides is 1. The van der Waals surface area contributed by atoms with E-state index in [0.29, 0.717) is 16.2 Å². The van der Waals surface area contributed by atoms with Crippen LogP contribution in [0.25, 0.3) is 0 Å². The first-order valence-electron chi connectivity index (χ1n) is 8.57. The average molecular weight is 372 g/mol. The lowest BCUT2D eigenvalue weighted by Gasteiger charge is -2.37. The number of anilines is 1. The predicted molar refractivity (Wildman–Crippen MR) is 91.4 cm³/mol. The van der Waals surface area contributed by atoms with Crippen LogP contribution in [0.2, 0.25) is 0 Å². The van der Waals surface area contributed by atoms with E-state index in [2.05, 4.69) is 31.8 Å². The van der Waals surface area contributed by atoms with Crippen molar-refractivity contribution in [2.45, 2.75) is 17.2 Å². The molecule has 0 aliphatic heterocycles. The number of hydrogen-bond donors (Lipinski definition) is 2. The van der Waals surface area contributed by atoms with Gasteiger partial charge in [0.05, 0.1) is 0 Å². The molecule has 118 valence electrons. The molecule has 0 spiro atoms. The molecular formula is C18H18BrN3O. The van der Waals surface area contributed by atoms with Crippen molar-refractivity contribution >= 4 is 33.4 Å². The van der Waals surface area contributed by atoms with Crippen molar-refractivity contribution in [2.24, 2.45) is 46.5 Å². The summed E-state index contributed by atoms with van der Waals surface area (Å²) in [5.41, 5.74) is 4.83. The maximum absolute atomic E-state index is 12.1. The van der Waals surface area contributed by atoms with Gasteiger partial charge in [0.2, 0.25) is 0 Å². The fraction of sp³-hybridized carbons (Fsp3) is 0.556. The van der Waals surface area contributed by atoms with E-state index < -0.39 is 0 Å². The first kappa shape index (κ1) is 13.0. The topological polar surface area (TPSA) is 53.5 Å². The Bertz CT molecular complexity index is 750. The second-order valence-electron chi connectivity index (χ2n) is 7.93. The van der Waals surface area contributed by atoms with Crippen LogP contribution in [-0.4, -0.2) is 16.1 Å². The van der Waals surface area contributed by atoms with Crippen molar-refractivity contribution in [1.29, 1.82) is 0 Å². The van der Waals surface area contributed by atoms with Crippen molar-refractivity contribution in [3.05, 3.63) is 30.3 Å². The Morgan fingerprint density at radius 2 is 2.04 bits per heavy atom. The number of rotatable bonds is 2. The fourth-order valence-corrected chi connectivity index (χ4v) is 8.70. The molecule has 0 aromatic heterocycles. The van der Waals surface area contributed by atoms with Crippen molar-refractivity contribution in [1.82, 2.24) is 5.43 Å². The van der Waals surface area contributed by atoms with Gasteiger partial charge in [0.25, 0.3) is 0 Å². The monoisotopic (exact) mass is 371 g/mol. The number of carbonyl (C=O) groups is 1. The summed E-state index contributed by atoms with van der Waals surface area (Å²) in [7, 11) is 0. The SMILES string of the molecule is O=C(NN=C1C2C3CC4C5CC(Br)(C1C53)C42)Nc1ccccc1. The van der Waals surface area contributed by atoms with Crippen molar-refractivity contribution in [3.63, 3.8) is 0 Å². The van der Waals surface area contributed by atoms with E-state index in [1.54, 1.807) is 0 Å². The number of hydrogen-bond acceptors (Lipinski definition) is 2. The normalized spacial score (nSPS) is 51.3. The number of carbonyl (C=O) groups excluding carboxylic acids is 1. The molecule has 1 aromatic carbocycles. The minimum Gasteiger partial charge on any atom is -0.307 e. The van der Waals surface area contributed by atoms with Crippen LogP contribution in [0, 0.1) is 41.4 Å². The molecular weight excluding hydrogens is 354 g/mol. The molecule has 0 saturated heterocycles. The molecule has 0 radical (unpaired) electrons. The Balaban J connectivity index is 1.25. The van der Waals surface area contributed by atoms with Gasteiger partial charge in [-0.05, 0) is 54.6 Å². The number of nitrogens with one attached hydrogen (secondary N) is 2. The zero-order chi connectivity index (χ0) is 15.3. The Morgan fingerprint density at radius 1 is 1.22 bits per heavy atom. The molecule has 8 unspecified atom stereocenters. The molecule has 6 fully saturated rings. The molecule has 0 heterocycles. The van der Waals surface area contributed by atoms with Crippen LogP contribution in [0.3, 0.4) is 0 Å². The van der Waals surface area contributed by atoms with E-state index in [1.165, 1.54) is 18.6 Å². The van der Waals surface area contributed by atoms with Gasteiger partial charge in [-0.1, -0.05) is 34.1 Å². The molecule has 4 nitrogen and oxygen atoms in total. The predicted octanol–water partition coefficient (Wildman–Crippen LogP) is 3.46. The van der Waals surface area contributed by atoms with Gasteiger partial charge in [-0.15, -0.1) is 0 Å². The molecule has 23 heavy (non-hydrogen) atoms. The molecule has 7 rings (SSSR count). The lowest BCUT2D eigenvalue weighted by atomic mass is 9.71. The van der Waals surface area contributed by atoms with Gasteiger partial charge >= 0.3 is 6.03 Å². The summed E-state index contributed by atoms with van der Waals surface area (Å²) in [5, 5.41) is 7.45. The smallest absolute Gasteiger partial charge is 0.307 e. The molecule has 1 aromatic rings. The van der Waals surface area contributed by atoms with Crippen molar-refractivity contribution < 1.29 is 4.79 Å². The van der Waals surface area contributed by atoms with E-state index in [-0.39, 0.29) is 6.03 Å². The number of para-hydroxylation sites is 1. The second kappa shape index (κ2) is 4.00. The maximum Gasteiger partial charge on any atom is 0.339 e. The van der Waals surface area contributed by atoms with Crippen LogP contribution in [0.4, 0.5) is 10.5 Å². The number of benzene rings is 1. The van der Waals surface area contributed by atoms with Crippen LogP contribution >= 0.6 is 15.9 Å². The highest BCUT2D eigenvalue weighted by molar-refractivity contribution is 9.10. The first-order chi connectivity index (χ1) is 11.2. The number of nitrogens with zero attached hydrogens (tertiary/aromatic N) is 1. The number of urea groups is 1. The Kier molecular flexibility index (Phi) is 2.26. The Labute approximate surface area is 143 Å². The highest BCUT2D eigenvalue weighted by Crippen LogP contribution is 2.85. The largest absolute Gasteiger partial charge is 0.339 e. The molecule has 6 saturated carbocycles. The number of halogens is 1. The van der Waals surface area contributed by atoms with E-state index >= 15 is 0 Å². The third kappa shape index (κ3) is 1.36. The molecule has 6 aliphatic carbocycles. The lowest BCUT2D eigenvalue weighted by Crippen LogP contribution is -2.39. The standard InChI is InChI=1S/C18H18BrN3O/c19-18-7-11-9-6-10-12(11)15(18)16(13(10)14(9)18)21-22-17(23)20-8-4-2-1-3-5-8/h1-5,9-15H,6-7H2,(H2,20,22,23). The van der Waals surface area contributed by atoms with E-state index in [0.717, 1.165) is 35.3 Å². The third-order valence-electron chi connectivity index (χ3n) is 7.38. The third-order valence-corrected chi connectivity index (χ3v) is 8.72. The van der Waals surface area contributed by atoms with E-state index in [9.17, 15) is 4.79 Å². The minimum atomic E-state index is -0.245. The number of amides is 2. The van der Waals surface area contributed by atoms with Crippen LogP contribution in [0.1, 0.15) is 12.8 Å². The number of hydrazone groups is 1. The van der Waals surface area contributed by atoms with Crippen molar-refractivity contribution in [2.75, 3.05) is 5.32 Å². The van der Waals surface area contributed by atoms with Crippen molar-refractivity contribution in [3.8, 4) is 0 Å². The first-order valence-corrected chi connectivity index (χ1v) is 9.36. The van der Waals surface area contributed by atoms with Crippen LogP contribution in [0.5, 0.6) is 0 Å². The lowest BCUT2D eigenvalue weighted by molar-refractivity contribution is 0.149. The van der Waals surface area contributed by atoms with Crippen LogP contribution in [0.15, 0.2) is 35.4 Å². The Morgan fingerprint density at radius 3 is 2.83 bits per heavy atom.